The van der Waals surface area contributed by atoms with Gasteiger partial charge < -0.3 is 10.6 Å². The lowest BCUT2D eigenvalue weighted by Crippen LogP contribution is -2.16. The molecule has 0 saturated carbocycles. The maximum Gasteiger partial charge on any atom is 0.0344 e. The average molecular weight is 296 g/mol. The van der Waals surface area contributed by atoms with Crippen LogP contribution in [-0.4, -0.2) is 12.1 Å². The molecule has 2 nitrogen and oxygen atoms in total. The molecular formula is C20H28N2. The molecule has 0 aromatic heterocycles. The van der Waals surface area contributed by atoms with Crippen LogP contribution in [0.3, 0.4) is 0 Å². The SMILES string of the molecule is Cc1ccc(NC(C)CCc2cccc(NC(C)C)c2)cc1. The summed E-state index contributed by atoms with van der Waals surface area (Å²) >= 11 is 0. The highest BCUT2D eigenvalue weighted by molar-refractivity contribution is 5.47. The number of hydrogen-bond donors (Lipinski definition) is 2. The highest BCUT2D eigenvalue weighted by Gasteiger charge is 2.04. The van der Waals surface area contributed by atoms with Crippen molar-refractivity contribution < 1.29 is 0 Å². The fourth-order valence-corrected chi connectivity index (χ4v) is 2.54. The summed E-state index contributed by atoms with van der Waals surface area (Å²) < 4.78 is 0. The topological polar surface area (TPSA) is 24.1 Å². The fourth-order valence-electron chi connectivity index (χ4n) is 2.54. The van der Waals surface area contributed by atoms with Gasteiger partial charge in [0, 0.05) is 23.5 Å². The third-order valence-corrected chi connectivity index (χ3v) is 3.71. The van der Waals surface area contributed by atoms with Crippen LogP contribution in [0.1, 0.15) is 38.3 Å². The fraction of sp³-hybridized carbons (Fsp3) is 0.400. The van der Waals surface area contributed by atoms with Crippen molar-refractivity contribution in [1.29, 1.82) is 0 Å². The number of rotatable bonds is 7. The minimum absolute atomic E-state index is 0.462. The molecule has 0 aliphatic carbocycles. The third-order valence-electron chi connectivity index (χ3n) is 3.71. The predicted molar refractivity (Wildman–Crippen MR) is 97.8 cm³/mol. The highest BCUT2D eigenvalue weighted by Crippen LogP contribution is 2.16. The van der Waals surface area contributed by atoms with Crippen LogP contribution in [0.4, 0.5) is 11.4 Å². The lowest BCUT2D eigenvalue weighted by Gasteiger charge is -2.16. The first-order chi connectivity index (χ1) is 10.5. The molecule has 22 heavy (non-hydrogen) atoms. The summed E-state index contributed by atoms with van der Waals surface area (Å²) in [5.74, 6) is 0. The van der Waals surface area contributed by atoms with Crippen molar-refractivity contribution in [2.24, 2.45) is 0 Å². The van der Waals surface area contributed by atoms with Crippen LogP contribution in [0.15, 0.2) is 48.5 Å². The summed E-state index contributed by atoms with van der Waals surface area (Å²) in [6.07, 6.45) is 2.21. The Kier molecular flexibility index (Phi) is 5.88. The van der Waals surface area contributed by atoms with E-state index in [1.807, 2.05) is 0 Å². The molecule has 2 rings (SSSR count). The van der Waals surface area contributed by atoms with Crippen molar-refractivity contribution in [3.63, 3.8) is 0 Å². The normalized spacial score (nSPS) is 12.2. The molecule has 0 radical (unpaired) electrons. The van der Waals surface area contributed by atoms with Gasteiger partial charge >= 0.3 is 0 Å². The lowest BCUT2D eigenvalue weighted by atomic mass is 10.0. The zero-order valence-electron chi connectivity index (χ0n) is 14.2. The van der Waals surface area contributed by atoms with Gasteiger partial charge in [-0.15, -0.1) is 0 Å². The minimum Gasteiger partial charge on any atom is -0.383 e. The van der Waals surface area contributed by atoms with Crippen LogP contribution in [-0.2, 0) is 6.42 Å². The van der Waals surface area contributed by atoms with Gasteiger partial charge in [0.05, 0.1) is 0 Å². The van der Waals surface area contributed by atoms with Gasteiger partial charge in [0.15, 0.2) is 0 Å². The van der Waals surface area contributed by atoms with E-state index in [2.05, 4.69) is 86.9 Å². The molecular weight excluding hydrogens is 268 g/mol. The Morgan fingerprint density at radius 3 is 2.27 bits per heavy atom. The maximum absolute atomic E-state index is 3.57. The Balaban J connectivity index is 1.85. The number of aryl methyl sites for hydroxylation is 2. The van der Waals surface area contributed by atoms with Crippen LogP contribution < -0.4 is 10.6 Å². The van der Waals surface area contributed by atoms with E-state index in [-0.39, 0.29) is 0 Å². The van der Waals surface area contributed by atoms with Gasteiger partial charge in [0.1, 0.15) is 0 Å². The van der Waals surface area contributed by atoms with Gasteiger partial charge in [0.2, 0.25) is 0 Å². The molecule has 2 aromatic carbocycles. The molecule has 2 aromatic rings. The zero-order valence-corrected chi connectivity index (χ0v) is 14.2. The van der Waals surface area contributed by atoms with Crippen molar-refractivity contribution in [3.05, 3.63) is 59.7 Å². The lowest BCUT2D eigenvalue weighted by molar-refractivity contribution is 0.706. The standard InChI is InChI=1S/C20H28N2/c1-15(2)21-20-7-5-6-18(14-20)11-10-17(4)22-19-12-8-16(3)9-13-19/h5-9,12-15,17,21-22H,10-11H2,1-4H3. The predicted octanol–water partition coefficient (Wildman–Crippen LogP) is 5.25. The van der Waals surface area contributed by atoms with Gasteiger partial charge in [-0.3, -0.25) is 0 Å². The monoisotopic (exact) mass is 296 g/mol. The van der Waals surface area contributed by atoms with E-state index in [1.165, 1.54) is 22.5 Å². The van der Waals surface area contributed by atoms with Crippen LogP contribution in [0, 0.1) is 6.92 Å². The van der Waals surface area contributed by atoms with Gasteiger partial charge in [-0.1, -0.05) is 29.8 Å². The van der Waals surface area contributed by atoms with Crippen molar-refractivity contribution in [2.45, 2.75) is 52.6 Å². The van der Waals surface area contributed by atoms with Gasteiger partial charge in [-0.05, 0) is 70.4 Å². The van der Waals surface area contributed by atoms with Crippen molar-refractivity contribution in [1.82, 2.24) is 0 Å². The Morgan fingerprint density at radius 1 is 0.864 bits per heavy atom. The quantitative estimate of drug-likeness (QED) is 0.729. The summed E-state index contributed by atoms with van der Waals surface area (Å²) in [7, 11) is 0. The van der Waals surface area contributed by atoms with Crippen molar-refractivity contribution in [3.8, 4) is 0 Å². The van der Waals surface area contributed by atoms with Crippen molar-refractivity contribution in [2.75, 3.05) is 10.6 Å². The number of benzene rings is 2. The Labute approximate surface area is 135 Å². The van der Waals surface area contributed by atoms with E-state index in [1.54, 1.807) is 0 Å². The van der Waals surface area contributed by atoms with Crippen LogP contribution >= 0.6 is 0 Å². The molecule has 0 aliphatic heterocycles. The van der Waals surface area contributed by atoms with Gasteiger partial charge in [-0.2, -0.15) is 0 Å². The molecule has 1 atom stereocenters. The Hall–Kier alpha value is -1.96. The average Bonchev–Trinajstić information content (AvgIpc) is 2.47. The minimum atomic E-state index is 0.462. The first-order valence-electron chi connectivity index (χ1n) is 8.21. The molecule has 2 heteroatoms. The summed E-state index contributed by atoms with van der Waals surface area (Å²) in [4.78, 5) is 0. The summed E-state index contributed by atoms with van der Waals surface area (Å²) in [5, 5.41) is 7.03. The number of nitrogens with one attached hydrogen (secondary N) is 2. The van der Waals surface area contributed by atoms with E-state index in [0.717, 1.165) is 12.8 Å². The molecule has 1 unspecified atom stereocenters. The largest absolute Gasteiger partial charge is 0.383 e. The molecule has 0 amide bonds. The van der Waals surface area contributed by atoms with E-state index < -0.39 is 0 Å². The maximum atomic E-state index is 3.57. The molecule has 0 heterocycles. The molecule has 2 N–H and O–H groups in total. The molecule has 0 bridgehead atoms. The third kappa shape index (κ3) is 5.44. The number of anilines is 2. The van der Waals surface area contributed by atoms with E-state index in [4.69, 9.17) is 0 Å². The zero-order chi connectivity index (χ0) is 15.9. The molecule has 0 saturated heterocycles. The molecule has 0 aliphatic rings. The Morgan fingerprint density at radius 2 is 1.59 bits per heavy atom. The number of hydrogen-bond acceptors (Lipinski definition) is 2. The second-order valence-corrected chi connectivity index (χ2v) is 6.45. The first-order valence-corrected chi connectivity index (χ1v) is 8.21. The second kappa shape index (κ2) is 7.88. The smallest absolute Gasteiger partial charge is 0.0344 e. The van der Waals surface area contributed by atoms with Gasteiger partial charge in [-0.25, -0.2) is 0 Å². The van der Waals surface area contributed by atoms with Crippen LogP contribution in [0.2, 0.25) is 0 Å². The summed E-state index contributed by atoms with van der Waals surface area (Å²) in [5.41, 5.74) is 5.11. The first kappa shape index (κ1) is 16.4. The van der Waals surface area contributed by atoms with E-state index in [9.17, 15) is 0 Å². The Bertz CT molecular complexity index is 573. The van der Waals surface area contributed by atoms with Gasteiger partial charge in [0.25, 0.3) is 0 Å². The highest BCUT2D eigenvalue weighted by atomic mass is 14.9. The van der Waals surface area contributed by atoms with Crippen LogP contribution in [0.25, 0.3) is 0 Å². The molecule has 0 fully saturated rings. The second-order valence-electron chi connectivity index (χ2n) is 6.45. The van der Waals surface area contributed by atoms with Crippen molar-refractivity contribution >= 4 is 11.4 Å². The van der Waals surface area contributed by atoms with E-state index >= 15 is 0 Å². The summed E-state index contributed by atoms with van der Waals surface area (Å²) in [6.45, 7) is 8.70. The summed E-state index contributed by atoms with van der Waals surface area (Å²) in [6, 6.07) is 18.3. The van der Waals surface area contributed by atoms with Crippen LogP contribution in [0.5, 0.6) is 0 Å². The van der Waals surface area contributed by atoms with E-state index in [0.29, 0.717) is 12.1 Å². The molecule has 118 valence electrons. The molecule has 0 spiro atoms.